The molecule has 6 heteroatoms. The van der Waals surface area contributed by atoms with Crippen LogP contribution in [0.15, 0.2) is 6.07 Å². The normalized spacial score (nSPS) is 22.8. The van der Waals surface area contributed by atoms with Crippen LogP contribution in [0.1, 0.15) is 25.1 Å². The van der Waals surface area contributed by atoms with Crippen LogP contribution < -0.4 is 10.1 Å². The number of anilines is 1. The van der Waals surface area contributed by atoms with Crippen molar-refractivity contribution in [1.82, 2.24) is 9.97 Å². The van der Waals surface area contributed by atoms with E-state index in [9.17, 15) is 4.79 Å². The van der Waals surface area contributed by atoms with Crippen molar-refractivity contribution in [3.05, 3.63) is 11.9 Å². The summed E-state index contributed by atoms with van der Waals surface area (Å²) >= 11 is 0. The van der Waals surface area contributed by atoms with Crippen molar-refractivity contribution in [1.29, 1.82) is 0 Å². The molecule has 6 nitrogen and oxygen atoms in total. The summed E-state index contributed by atoms with van der Waals surface area (Å²) in [6.45, 7) is 1.79. The summed E-state index contributed by atoms with van der Waals surface area (Å²) in [6, 6.07) is 1.88. The Kier molecular flexibility index (Phi) is 3.64. The first-order valence-corrected chi connectivity index (χ1v) is 5.97. The van der Waals surface area contributed by atoms with Gasteiger partial charge in [0.25, 0.3) is 0 Å². The number of carbonyl (C=O) groups is 1. The van der Waals surface area contributed by atoms with Gasteiger partial charge < -0.3 is 15.2 Å². The zero-order valence-electron chi connectivity index (χ0n) is 10.5. The molecule has 98 valence electrons. The highest BCUT2D eigenvalue weighted by molar-refractivity contribution is 5.70. The van der Waals surface area contributed by atoms with Gasteiger partial charge in [0, 0.05) is 12.1 Å². The third kappa shape index (κ3) is 2.88. The van der Waals surface area contributed by atoms with Crippen molar-refractivity contribution in [3.8, 4) is 5.88 Å². The number of nitrogens with zero attached hydrogens (tertiary/aromatic N) is 2. The van der Waals surface area contributed by atoms with E-state index in [-0.39, 0.29) is 12.0 Å². The summed E-state index contributed by atoms with van der Waals surface area (Å²) in [7, 11) is 1.56. The number of aryl methyl sites for hydroxylation is 1. The second kappa shape index (κ2) is 5.20. The minimum absolute atomic E-state index is 0.158. The zero-order valence-corrected chi connectivity index (χ0v) is 10.5. The number of ether oxygens (including phenoxy) is 1. The molecule has 1 aromatic heterocycles. The molecule has 1 saturated carbocycles. The average Bonchev–Trinajstić information content (AvgIpc) is 2.76. The number of rotatable bonds is 4. The Morgan fingerprint density at radius 2 is 2.28 bits per heavy atom. The van der Waals surface area contributed by atoms with E-state index < -0.39 is 5.97 Å². The molecule has 2 N–H and O–H groups in total. The monoisotopic (exact) mass is 251 g/mol. The molecule has 0 spiro atoms. The van der Waals surface area contributed by atoms with Crippen molar-refractivity contribution in [2.24, 2.45) is 5.92 Å². The van der Waals surface area contributed by atoms with Gasteiger partial charge in [-0.3, -0.25) is 4.79 Å². The molecule has 18 heavy (non-hydrogen) atoms. The van der Waals surface area contributed by atoms with Gasteiger partial charge in [-0.25, -0.2) is 4.98 Å². The van der Waals surface area contributed by atoms with E-state index in [2.05, 4.69) is 15.3 Å². The van der Waals surface area contributed by atoms with Gasteiger partial charge in [-0.05, 0) is 26.2 Å². The Morgan fingerprint density at radius 1 is 1.50 bits per heavy atom. The van der Waals surface area contributed by atoms with Gasteiger partial charge in [-0.2, -0.15) is 4.98 Å². The van der Waals surface area contributed by atoms with Gasteiger partial charge in [-0.15, -0.1) is 0 Å². The molecule has 0 aromatic carbocycles. The number of aromatic nitrogens is 2. The highest BCUT2D eigenvalue weighted by Crippen LogP contribution is 2.28. The molecule has 1 fully saturated rings. The smallest absolute Gasteiger partial charge is 0.306 e. The molecule has 0 aliphatic heterocycles. The van der Waals surface area contributed by atoms with Crippen LogP contribution in [0.25, 0.3) is 0 Å². The van der Waals surface area contributed by atoms with Gasteiger partial charge >= 0.3 is 5.97 Å². The minimum Gasteiger partial charge on any atom is -0.481 e. The molecule has 2 atom stereocenters. The van der Waals surface area contributed by atoms with Crippen LogP contribution in [0.5, 0.6) is 5.88 Å². The summed E-state index contributed by atoms with van der Waals surface area (Å²) in [5, 5.41) is 12.2. The molecule has 1 heterocycles. The maximum Gasteiger partial charge on any atom is 0.306 e. The molecule has 0 radical (unpaired) electrons. The van der Waals surface area contributed by atoms with Crippen LogP contribution in [0.2, 0.25) is 0 Å². The van der Waals surface area contributed by atoms with Crippen molar-refractivity contribution in [2.45, 2.75) is 32.2 Å². The number of carboxylic acids is 1. The first-order chi connectivity index (χ1) is 8.58. The van der Waals surface area contributed by atoms with Crippen LogP contribution >= 0.6 is 0 Å². The summed E-state index contributed by atoms with van der Waals surface area (Å²) in [5.74, 6) is 0.876. The van der Waals surface area contributed by atoms with E-state index in [1.165, 1.54) is 0 Å². The maximum atomic E-state index is 10.9. The van der Waals surface area contributed by atoms with E-state index in [1.54, 1.807) is 20.1 Å². The molecule has 0 saturated heterocycles. The SMILES string of the molecule is COc1cc(NC2CCC(C(=O)O)C2)nc(C)n1. The maximum absolute atomic E-state index is 10.9. The molecular formula is C12H17N3O3. The molecule has 1 aromatic rings. The van der Waals surface area contributed by atoms with Crippen LogP contribution in [0.4, 0.5) is 5.82 Å². The minimum atomic E-state index is -0.712. The number of hydrogen-bond acceptors (Lipinski definition) is 5. The lowest BCUT2D eigenvalue weighted by molar-refractivity contribution is -0.141. The first-order valence-electron chi connectivity index (χ1n) is 5.97. The largest absolute Gasteiger partial charge is 0.481 e. The Labute approximate surface area is 105 Å². The number of carboxylic acid groups (broad SMARTS) is 1. The molecule has 2 unspecified atom stereocenters. The van der Waals surface area contributed by atoms with Crippen LogP contribution in [0.3, 0.4) is 0 Å². The van der Waals surface area contributed by atoms with Crippen molar-refractivity contribution in [3.63, 3.8) is 0 Å². The van der Waals surface area contributed by atoms with Gasteiger partial charge in [0.05, 0.1) is 13.0 Å². The fourth-order valence-electron chi connectivity index (χ4n) is 2.26. The lowest BCUT2D eigenvalue weighted by Gasteiger charge is -2.14. The van der Waals surface area contributed by atoms with Crippen LogP contribution in [-0.2, 0) is 4.79 Å². The van der Waals surface area contributed by atoms with Gasteiger partial charge in [-0.1, -0.05) is 0 Å². The van der Waals surface area contributed by atoms with Gasteiger partial charge in [0.1, 0.15) is 11.6 Å². The Bertz CT molecular complexity index is 450. The average molecular weight is 251 g/mol. The highest BCUT2D eigenvalue weighted by atomic mass is 16.5. The van der Waals surface area contributed by atoms with Crippen molar-refractivity contribution < 1.29 is 14.6 Å². The number of nitrogens with one attached hydrogen (secondary N) is 1. The molecule has 1 aliphatic rings. The predicted octanol–water partition coefficient (Wildman–Crippen LogP) is 1.46. The summed E-state index contributed by atoms with van der Waals surface area (Å²) < 4.78 is 5.07. The zero-order chi connectivity index (χ0) is 13.1. The molecule has 1 aliphatic carbocycles. The second-order valence-electron chi connectivity index (χ2n) is 4.53. The Balaban J connectivity index is 2.02. The topological polar surface area (TPSA) is 84.3 Å². The van der Waals surface area contributed by atoms with E-state index >= 15 is 0 Å². The fourth-order valence-corrected chi connectivity index (χ4v) is 2.26. The third-order valence-electron chi connectivity index (χ3n) is 3.16. The van der Waals surface area contributed by atoms with Gasteiger partial charge in [0.2, 0.25) is 5.88 Å². The quantitative estimate of drug-likeness (QED) is 0.842. The van der Waals surface area contributed by atoms with E-state index in [0.717, 1.165) is 6.42 Å². The third-order valence-corrected chi connectivity index (χ3v) is 3.16. The first kappa shape index (κ1) is 12.6. The molecular weight excluding hydrogens is 234 g/mol. The van der Waals surface area contributed by atoms with Gasteiger partial charge in [0.15, 0.2) is 0 Å². The summed E-state index contributed by atoms with van der Waals surface area (Å²) in [4.78, 5) is 19.2. The molecule has 0 bridgehead atoms. The lowest BCUT2D eigenvalue weighted by Crippen LogP contribution is -2.19. The molecule has 2 rings (SSSR count). The summed E-state index contributed by atoms with van der Waals surface area (Å²) in [5.41, 5.74) is 0. The van der Waals surface area contributed by atoms with Crippen LogP contribution in [0, 0.1) is 12.8 Å². The predicted molar refractivity (Wildman–Crippen MR) is 65.7 cm³/mol. The summed E-state index contributed by atoms with van der Waals surface area (Å²) in [6.07, 6.45) is 2.21. The lowest BCUT2D eigenvalue weighted by atomic mass is 10.1. The van der Waals surface area contributed by atoms with E-state index in [1.807, 2.05) is 0 Å². The van der Waals surface area contributed by atoms with E-state index in [4.69, 9.17) is 9.84 Å². The van der Waals surface area contributed by atoms with Crippen molar-refractivity contribution in [2.75, 3.05) is 12.4 Å². The second-order valence-corrected chi connectivity index (χ2v) is 4.53. The van der Waals surface area contributed by atoms with E-state index in [0.29, 0.717) is 30.4 Å². The van der Waals surface area contributed by atoms with Crippen molar-refractivity contribution >= 4 is 11.8 Å². The van der Waals surface area contributed by atoms with Crippen LogP contribution in [-0.4, -0.2) is 34.2 Å². The Morgan fingerprint density at radius 3 is 2.89 bits per heavy atom. The Hall–Kier alpha value is -1.85. The number of methoxy groups -OCH3 is 1. The fraction of sp³-hybridized carbons (Fsp3) is 0.583. The highest BCUT2D eigenvalue weighted by Gasteiger charge is 2.29. The number of hydrogen-bond donors (Lipinski definition) is 2. The number of aliphatic carboxylic acids is 1. The standard InChI is InChI=1S/C12H17N3O3/c1-7-13-10(6-11(14-7)18-2)15-9-4-3-8(5-9)12(16)17/h6,8-9H,3-5H2,1-2H3,(H,16,17)(H,13,14,15). The molecule has 0 amide bonds.